The van der Waals surface area contributed by atoms with E-state index in [1.54, 1.807) is 7.11 Å². The maximum Gasteiger partial charge on any atom is 0.253 e. The summed E-state index contributed by atoms with van der Waals surface area (Å²) in [4.78, 5) is 14.7. The number of methoxy groups -OCH3 is 1. The van der Waals surface area contributed by atoms with E-state index in [-0.39, 0.29) is 22.3 Å². The molecule has 24 heavy (non-hydrogen) atoms. The molecule has 132 valence electrons. The largest absolute Gasteiger partial charge is 0.381 e. The van der Waals surface area contributed by atoms with Gasteiger partial charge in [-0.25, -0.2) is 13.6 Å². The molecule has 2 aliphatic rings. The number of hydrogen-bond donors (Lipinski definition) is 1. The Kier molecular flexibility index (Phi) is 4.68. The quantitative estimate of drug-likeness (QED) is 0.897. The van der Waals surface area contributed by atoms with Crippen LogP contribution in [0.25, 0.3) is 0 Å². The highest BCUT2D eigenvalue weighted by Gasteiger charge is 2.46. The number of piperidine rings is 1. The van der Waals surface area contributed by atoms with Crippen LogP contribution in [0.2, 0.25) is 0 Å². The zero-order chi connectivity index (χ0) is 17.4. The van der Waals surface area contributed by atoms with Crippen molar-refractivity contribution in [3.63, 3.8) is 0 Å². The predicted octanol–water partition coefficient (Wildman–Crippen LogP) is 1.76. The minimum Gasteiger partial charge on any atom is -0.381 e. The fraction of sp³-hybridized carbons (Fsp3) is 0.588. The average Bonchev–Trinajstić information content (AvgIpc) is 2.95. The highest BCUT2D eigenvalue weighted by Crippen LogP contribution is 2.46. The van der Waals surface area contributed by atoms with Gasteiger partial charge in [-0.2, -0.15) is 0 Å². The third-order valence-electron chi connectivity index (χ3n) is 5.43. The molecule has 1 saturated carbocycles. The molecule has 6 nitrogen and oxygen atoms in total. The Hall–Kier alpha value is -1.44. The molecular formula is C17H24N2O4S. The third-order valence-corrected chi connectivity index (χ3v) is 6.36. The minimum atomic E-state index is -3.74. The van der Waals surface area contributed by atoms with Crippen LogP contribution in [0, 0.1) is 5.41 Å². The Labute approximate surface area is 143 Å². The van der Waals surface area contributed by atoms with Crippen molar-refractivity contribution in [1.82, 2.24) is 4.90 Å². The lowest BCUT2D eigenvalue weighted by Gasteiger charge is -2.43. The van der Waals surface area contributed by atoms with Gasteiger partial charge < -0.3 is 9.64 Å². The van der Waals surface area contributed by atoms with Gasteiger partial charge in [0, 0.05) is 31.2 Å². The Bertz CT molecular complexity index is 717. The zero-order valence-corrected chi connectivity index (χ0v) is 14.7. The molecule has 1 amide bonds. The highest BCUT2D eigenvalue weighted by atomic mass is 32.2. The molecule has 0 radical (unpaired) electrons. The number of primary sulfonamides is 1. The summed E-state index contributed by atoms with van der Waals surface area (Å²) in [5.74, 6) is -0.0585. The van der Waals surface area contributed by atoms with Crippen LogP contribution >= 0.6 is 0 Å². The SMILES string of the molecule is CO[C@@H]1CCC[C@]12CCCN(C(=O)c1ccc(S(N)(=O)=O)cc1)C2. The number of nitrogens with zero attached hydrogens (tertiary/aromatic N) is 1. The number of amides is 1. The van der Waals surface area contributed by atoms with Crippen molar-refractivity contribution in [2.24, 2.45) is 10.6 Å². The normalized spacial score (nSPS) is 27.6. The fourth-order valence-electron chi connectivity index (χ4n) is 4.24. The summed E-state index contributed by atoms with van der Waals surface area (Å²) in [5.41, 5.74) is 0.565. The van der Waals surface area contributed by atoms with Crippen LogP contribution in [-0.2, 0) is 14.8 Å². The molecule has 1 aromatic rings. The number of hydrogen-bond acceptors (Lipinski definition) is 4. The molecule has 0 unspecified atom stereocenters. The number of rotatable bonds is 3. The molecule has 0 aromatic heterocycles. The van der Waals surface area contributed by atoms with Crippen LogP contribution in [0.5, 0.6) is 0 Å². The van der Waals surface area contributed by atoms with Crippen LogP contribution in [0.15, 0.2) is 29.2 Å². The fourth-order valence-corrected chi connectivity index (χ4v) is 4.76. The Morgan fingerprint density at radius 2 is 1.92 bits per heavy atom. The summed E-state index contributed by atoms with van der Waals surface area (Å²) < 4.78 is 28.3. The molecular weight excluding hydrogens is 328 g/mol. The second-order valence-corrected chi connectivity index (χ2v) is 8.44. The smallest absolute Gasteiger partial charge is 0.253 e. The second kappa shape index (κ2) is 6.46. The summed E-state index contributed by atoms with van der Waals surface area (Å²) in [5, 5.41) is 5.10. The number of likely N-dealkylation sites (tertiary alicyclic amines) is 1. The number of nitrogens with two attached hydrogens (primary N) is 1. The first-order valence-corrected chi connectivity index (χ1v) is 9.85. The minimum absolute atomic E-state index is 0.0180. The first-order valence-electron chi connectivity index (χ1n) is 8.31. The van der Waals surface area contributed by atoms with Crippen molar-refractivity contribution in [2.75, 3.05) is 20.2 Å². The molecule has 1 aliphatic heterocycles. The van der Waals surface area contributed by atoms with Gasteiger partial charge in [0.15, 0.2) is 0 Å². The summed E-state index contributed by atoms with van der Waals surface area (Å²) in [7, 11) is -1.99. The average molecular weight is 352 g/mol. The lowest BCUT2D eigenvalue weighted by molar-refractivity contribution is -0.0295. The van der Waals surface area contributed by atoms with E-state index in [0.717, 1.165) is 38.6 Å². The zero-order valence-electron chi connectivity index (χ0n) is 13.9. The van der Waals surface area contributed by atoms with Crippen LogP contribution in [0.1, 0.15) is 42.5 Å². The van der Waals surface area contributed by atoms with E-state index in [1.165, 1.54) is 24.3 Å². The molecule has 1 aliphatic carbocycles. The Morgan fingerprint density at radius 1 is 1.25 bits per heavy atom. The van der Waals surface area contributed by atoms with Crippen molar-refractivity contribution < 1.29 is 17.9 Å². The maximum absolute atomic E-state index is 12.8. The Morgan fingerprint density at radius 3 is 2.54 bits per heavy atom. The van der Waals surface area contributed by atoms with E-state index in [4.69, 9.17) is 9.88 Å². The van der Waals surface area contributed by atoms with Crippen molar-refractivity contribution in [3.8, 4) is 0 Å². The molecule has 2 fully saturated rings. The van der Waals surface area contributed by atoms with Crippen molar-refractivity contribution >= 4 is 15.9 Å². The molecule has 1 aromatic carbocycles. The summed E-state index contributed by atoms with van der Waals surface area (Å²) in [6.45, 7) is 1.44. The van der Waals surface area contributed by atoms with Crippen LogP contribution in [0.3, 0.4) is 0 Å². The van der Waals surface area contributed by atoms with Gasteiger partial charge in [0.05, 0.1) is 11.0 Å². The van der Waals surface area contributed by atoms with Crippen molar-refractivity contribution in [2.45, 2.75) is 43.1 Å². The van der Waals surface area contributed by atoms with Gasteiger partial charge in [0.2, 0.25) is 10.0 Å². The van der Waals surface area contributed by atoms with Gasteiger partial charge in [-0.15, -0.1) is 0 Å². The predicted molar refractivity (Wildman–Crippen MR) is 90.0 cm³/mol. The lowest BCUT2D eigenvalue weighted by atomic mass is 9.76. The van der Waals surface area contributed by atoms with Crippen molar-refractivity contribution in [3.05, 3.63) is 29.8 Å². The standard InChI is InChI=1S/C17H24N2O4S/c1-23-15-4-2-9-17(15)10-3-11-19(12-17)16(20)13-5-7-14(8-6-13)24(18,21)22/h5-8,15H,2-4,9-12H2,1H3,(H2,18,21,22)/t15-,17-/m1/s1. The first kappa shape index (κ1) is 17.4. The van der Waals surface area contributed by atoms with Crippen LogP contribution in [0.4, 0.5) is 0 Å². The van der Waals surface area contributed by atoms with E-state index < -0.39 is 10.0 Å². The van der Waals surface area contributed by atoms with Gasteiger partial charge in [-0.05, 0) is 49.9 Å². The molecule has 7 heteroatoms. The van der Waals surface area contributed by atoms with E-state index in [1.807, 2.05) is 4.90 Å². The van der Waals surface area contributed by atoms with Crippen LogP contribution < -0.4 is 5.14 Å². The van der Waals surface area contributed by atoms with E-state index in [9.17, 15) is 13.2 Å². The maximum atomic E-state index is 12.8. The van der Waals surface area contributed by atoms with Gasteiger partial charge in [0.25, 0.3) is 5.91 Å². The number of ether oxygens (including phenoxy) is 1. The topological polar surface area (TPSA) is 89.7 Å². The van der Waals surface area contributed by atoms with Crippen molar-refractivity contribution in [1.29, 1.82) is 0 Å². The monoisotopic (exact) mass is 352 g/mol. The number of sulfonamides is 1. The molecule has 1 saturated heterocycles. The van der Waals surface area contributed by atoms with Crippen LogP contribution in [-0.4, -0.2) is 45.5 Å². The van der Waals surface area contributed by atoms with E-state index in [2.05, 4.69) is 0 Å². The van der Waals surface area contributed by atoms with Gasteiger partial charge in [-0.3, -0.25) is 4.79 Å². The van der Waals surface area contributed by atoms with Gasteiger partial charge in [-0.1, -0.05) is 6.42 Å². The van der Waals surface area contributed by atoms with E-state index in [0.29, 0.717) is 12.1 Å². The Balaban J connectivity index is 1.77. The summed E-state index contributed by atoms with van der Waals surface area (Å²) in [6.07, 6.45) is 5.59. The number of benzene rings is 1. The summed E-state index contributed by atoms with van der Waals surface area (Å²) in [6, 6.07) is 5.84. The number of carbonyl (C=O) groups excluding carboxylic acids is 1. The number of carbonyl (C=O) groups is 1. The molecule has 1 spiro atoms. The first-order chi connectivity index (χ1) is 11.4. The third kappa shape index (κ3) is 3.20. The molecule has 1 heterocycles. The molecule has 2 atom stereocenters. The molecule has 0 bridgehead atoms. The van der Waals surface area contributed by atoms with Gasteiger partial charge >= 0.3 is 0 Å². The van der Waals surface area contributed by atoms with E-state index >= 15 is 0 Å². The molecule has 3 rings (SSSR count). The second-order valence-electron chi connectivity index (χ2n) is 6.88. The van der Waals surface area contributed by atoms with Gasteiger partial charge in [0.1, 0.15) is 0 Å². The lowest BCUT2D eigenvalue weighted by Crippen LogP contribution is -2.49. The highest BCUT2D eigenvalue weighted by molar-refractivity contribution is 7.89. The summed E-state index contributed by atoms with van der Waals surface area (Å²) >= 11 is 0. The molecule has 2 N–H and O–H groups in total.